The largest absolute Gasteiger partial charge is 0.241 e. The molecule has 0 fully saturated rings. The SMILES string of the molecule is CC(=C\Sc1ccccc1)/C(=N/c1ccc(C)cc1)Sc1ccccc1. The van der Waals surface area contributed by atoms with Gasteiger partial charge in [-0.25, -0.2) is 4.99 Å². The van der Waals surface area contributed by atoms with Gasteiger partial charge in [-0.05, 0) is 61.2 Å². The molecule has 1 nitrogen and oxygen atoms in total. The lowest BCUT2D eigenvalue weighted by Gasteiger charge is -2.08. The zero-order valence-corrected chi connectivity index (χ0v) is 16.6. The van der Waals surface area contributed by atoms with E-state index < -0.39 is 0 Å². The Bertz CT molecular complexity index is 883. The highest BCUT2D eigenvalue weighted by atomic mass is 32.2. The summed E-state index contributed by atoms with van der Waals surface area (Å²) in [5.41, 5.74) is 3.38. The van der Waals surface area contributed by atoms with Gasteiger partial charge >= 0.3 is 0 Å². The maximum absolute atomic E-state index is 4.91. The number of benzene rings is 3. The monoisotopic (exact) mass is 375 g/mol. The molecule has 0 radical (unpaired) electrons. The number of aliphatic imine (C=N–C) groups is 1. The lowest BCUT2D eigenvalue weighted by Crippen LogP contribution is -1.94. The standard InChI is InChI=1S/C23H21NS2/c1-18-13-15-20(16-14-18)24-23(26-22-11-7-4-8-12-22)19(2)17-25-21-9-5-3-6-10-21/h3-17H,1-2H3/b19-17+,24-23-. The second-order valence-electron chi connectivity index (χ2n) is 5.90. The van der Waals surface area contributed by atoms with Crippen molar-refractivity contribution in [2.75, 3.05) is 0 Å². The minimum atomic E-state index is 0.978. The molecule has 3 aromatic carbocycles. The molecular formula is C23H21NS2. The lowest BCUT2D eigenvalue weighted by molar-refractivity contribution is 1.43. The van der Waals surface area contributed by atoms with E-state index in [4.69, 9.17) is 4.99 Å². The Morgan fingerprint density at radius 2 is 1.35 bits per heavy atom. The number of hydrogen-bond acceptors (Lipinski definition) is 3. The van der Waals surface area contributed by atoms with Crippen LogP contribution in [-0.4, -0.2) is 5.04 Å². The molecule has 0 saturated heterocycles. The van der Waals surface area contributed by atoms with Gasteiger partial charge in [-0.15, -0.1) is 0 Å². The van der Waals surface area contributed by atoms with E-state index in [-0.39, 0.29) is 0 Å². The van der Waals surface area contributed by atoms with Crippen LogP contribution in [0.25, 0.3) is 0 Å². The summed E-state index contributed by atoms with van der Waals surface area (Å²) < 4.78 is 0. The predicted octanol–water partition coefficient (Wildman–Crippen LogP) is 7.51. The third kappa shape index (κ3) is 5.65. The van der Waals surface area contributed by atoms with Crippen LogP contribution >= 0.6 is 23.5 Å². The number of rotatable bonds is 5. The zero-order chi connectivity index (χ0) is 18.2. The molecule has 0 aliphatic rings. The first-order valence-electron chi connectivity index (χ1n) is 8.48. The van der Waals surface area contributed by atoms with Crippen molar-refractivity contribution in [1.29, 1.82) is 0 Å². The molecule has 0 aliphatic carbocycles. The van der Waals surface area contributed by atoms with Crippen LogP contribution in [0.1, 0.15) is 12.5 Å². The molecular weight excluding hydrogens is 354 g/mol. The third-order valence-corrected chi connectivity index (χ3v) is 5.80. The van der Waals surface area contributed by atoms with E-state index in [0.717, 1.165) is 16.3 Å². The molecule has 0 N–H and O–H groups in total. The number of aryl methyl sites for hydroxylation is 1. The summed E-state index contributed by atoms with van der Waals surface area (Å²) in [4.78, 5) is 7.32. The van der Waals surface area contributed by atoms with Gasteiger partial charge in [-0.3, -0.25) is 0 Å². The van der Waals surface area contributed by atoms with E-state index in [1.807, 2.05) is 12.1 Å². The molecule has 0 heterocycles. The summed E-state index contributed by atoms with van der Waals surface area (Å²) in [6, 6.07) is 29.1. The Balaban J connectivity index is 1.87. The van der Waals surface area contributed by atoms with Crippen LogP contribution < -0.4 is 0 Å². The average Bonchev–Trinajstić information content (AvgIpc) is 2.69. The Kier molecular flexibility index (Phi) is 6.75. The van der Waals surface area contributed by atoms with E-state index in [9.17, 15) is 0 Å². The summed E-state index contributed by atoms with van der Waals surface area (Å²) in [7, 11) is 0. The first-order valence-corrected chi connectivity index (χ1v) is 10.2. The van der Waals surface area contributed by atoms with E-state index in [1.165, 1.54) is 15.4 Å². The quantitative estimate of drug-likeness (QED) is 0.260. The fraction of sp³-hybridized carbons (Fsp3) is 0.0870. The predicted molar refractivity (Wildman–Crippen MR) is 117 cm³/mol. The highest BCUT2D eigenvalue weighted by Crippen LogP contribution is 2.29. The van der Waals surface area contributed by atoms with Gasteiger partial charge in [0.15, 0.2) is 0 Å². The Morgan fingerprint density at radius 3 is 1.96 bits per heavy atom. The smallest absolute Gasteiger partial charge is 0.105 e. The molecule has 0 amide bonds. The summed E-state index contributed by atoms with van der Waals surface area (Å²) in [5.74, 6) is 0. The van der Waals surface area contributed by atoms with E-state index in [0.29, 0.717) is 0 Å². The molecule has 0 aliphatic heterocycles. The molecule has 130 valence electrons. The van der Waals surface area contributed by atoms with Crippen LogP contribution in [0.3, 0.4) is 0 Å². The van der Waals surface area contributed by atoms with Gasteiger partial charge in [-0.1, -0.05) is 77.6 Å². The lowest BCUT2D eigenvalue weighted by atomic mass is 10.2. The van der Waals surface area contributed by atoms with Crippen molar-refractivity contribution < 1.29 is 0 Å². The molecule has 0 atom stereocenters. The highest BCUT2D eigenvalue weighted by Gasteiger charge is 2.06. The van der Waals surface area contributed by atoms with Crippen molar-refractivity contribution in [2.45, 2.75) is 23.6 Å². The van der Waals surface area contributed by atoms with Gasteiger partial charge in [0.1, 0.15) is 5.04 Å². The van der Waals surface area contributed by atoms with Gasteiger partial charge in [0.2, 0.25) is 0 Å². The summed E-state index contributed by atoms with van der Waals surface area (Å²) >= 11 is 3.42. The second-order valence-corrected chi connectivity index (χ2v) is 7.90. The maximum Gasteiger partial charge on any atom is 0.105 e. The van der Waals surface area contributed by atoms with Gasteiger partial charge < -0.3 is 0 Å². The third-order valence-electron chi connectivity index (χ3n) is 3.67. The first-order chi connectivity index (χ1) is 12.7. The van der Waals surface area contributed by atoms with Crippen molar-refractivity contribution in [2.24, 2.45) is 4.99 Å². The maximum atomic E-state index is 4.91. The van der Waals surface area contributed by atoms with Crippen molar-refractivity contribution in [3.63, 3.8) is 0 Å². The highest BCUT2D eigenvalue weighted by molar-refractivity contribution is 8.14. The molecule has 0 saturated carbocycles. The van der Waals surface area contributed by atoms with Crippen molar-refractivity contribution in [3.8, 4) is 0 Å². The topological polar surface area (TPSA) is 12.4 Å². The second kappa shape index (κ2) is 9.46. The molecule has 3 aromatic rings. The van der Waals surface area contributed by atoms with E-state index >= 15 is 0 Å². The van der Waals surface area contributed by atoms with E-state index in [1.54, 1.807) is 23.5 Å². The minimum Gasteiger partial charge on any atom is -0.241 e. The van der Waals surface area contributed by atoms with Crippen molar-refractivity contribution >= 4 is 34.3 Å². The van der Waals surface area contributed by atoms with Crippen LogP contribution in [-0.2, 0) is 0 Å². The van der Waals surface area contributed by atoms with Crippen molar-refractivity contribution in [1.82, 2.24) is 0 Å². The molecule has 0 bridgehead atoms. The molecule has 26 heavy (non-hydrogen) atoms. The normalized spacial score (nSPS) is 12.2. The summed E-state index contributed by atoms with van der Waals surface area (Å²) in [6.07, 6.45) is 0. The Morgan fingerprint density at radius 1 is 0.769 bits per heavy atom. The first kappa shape index (κ1) is 18.6. The van der Waals surface area contributed by atoms with Crippen LogP contribution in [0, 0.1) is 6.92 Å². The Hall–Kier alpha value is -2.23. The van der Waals surface area contributed by atoms with E-state index in [2.05, 4.69) is 92.1 Å². The molecule has 3 heteroatoms. The van der Waals surface area contributed by atoms with Crippen LogP contribution in [0.4, 0.5) is 5.69 Å². The van der Waals surface area contributed by atoms with Crippen LogP contribution in [0.2, 0.25) is 0 Å². The molecule has 0 unspecified atom stereocenters. The van der Waals surface area contributed by atoms with Gasteiger partial charge in [-0.2, -0.15) is 0 Å². The average molecular weight is 376 g/mol. The zero-order valence-electron chi connectivity index (χ0n) is 14.9. The number of thioether (sulfide) groups is 2. The van der Waals surface area contributed by atoms with Gasteiger partial charge in [0, 0.05) is 9.79 Å². The molecule has 3 rings (SSSR count). The fourth-order valence-electron chi connectivity index (χ4n) is 2.23. The van der Waals surface area contributed by atoms with Crippen LogP contribution in [0.5, 0.6) is 0 Å². The summed E-state index contributed by atoms with van der Waals surface area (Å²) in [6.45, 7) is 4.22. The summed E-state index contributed by atoms with van der Waals surface area (Å²) in [5, 5.41) is 3.20. The number of hydrogen-bond donors (Lipinski definition) is 0. The molecule has 0 aromatic heterocycles. The van der Waals surface area contributed by atoms with Crippen molar-refractivity contribution in [3.05, 3.63) is 101 Å². The van der Waals surface area contributed by atoms with Gasteiger partial charge in [0.05, 0.1) is 5.69 Å². The fourth-order valence-corrected chi connectivity index (χ4v) is 3.93. The van der Waals surface area contributed by atoms with Crippen LogP contribution in [0.15, 0.2) is 111 Å². The molecule has 0 spiro atoms. The minimum absolute atomic E-state index is 0.978. The Labute approximate surface area is 164 Å². The van der Waals surface area contributed by atoms with Gasteiger partial charge in [0.25, 0.3) is 0 Å². The number of nitrogens with zero attached hydrogens (tertiary/aromatic N) is 1.